The first kappa shape index (κ1) is 20.2. The molecule has 0 aromatic rings. The van der Waals surface area contributed by atoms with Gasteiger partial charge in [-0.05, 0) is 33.7 Å². The molecule has 0 aromatic heterocycles. The van der Waals surface area contributed by atoms with Crippen LogP contribution in [0, 0.1) is 0 Å². The molecule has 2 atom stereocenters. The van der Waals surface area contributed by atoms with Gasteiger partial charge in [0.2, 0.25) is 0 Å². The number of hydrogen-bond acceptors (Lipinski definition) is 4. The normalized spacial score (nSPS) is 15.9. The third-order valence-corrected chi connectivity index (χ3v) is 4.61. The summed E-state index contributed by atoms with van der Waals surface area (Å²) >= 11 is 0. The molecule has 0 saturated carbocycles. The number of nitrogens with zero attached hydrogens (tertiary/aromatic N) is 2. The van der Waals surface area contributed by atoms with Gasteiger partial charge in [-0.3, -0.25) is 4.99 Å². The molecule has 0 aromatic carbocycles. The van der Waals surface area contributed by atoms with Crippen LogP contribution in [0.1, 0.15) is 33.6 Å². The first-order chi connectivity index (χ1) is 9.69. The van der Waals surface area contributed by atoms with Crippen molar-refractivity contribution in [3.63, 3.8) is 0 Å². The van der Waals surface area contributed by atoms with Gasteiger partial charge in [0.05, 0.1) is 5.75 Å². The monoisotopic (exact) mass is 320 g/mol. The fourth-order valence-electron chi connectivity index (χ4n) is 1.77. The van der Waals surface area contributed by atoms with E-state index in [0.717, 1.165) is 19.5 Å². The zero-order valence-corrected chi connectivity index (χ0v) is 15.1. The van der Waals surface area contributed by atoms with Crippen LogP contribution in [0.25, 0.3) is 0 Å². The Morgan fingerprint density at radius 1 is 1.33 bits per heavy atom. The Labute approximate surface area is 130 Å². The molecule has 0 radical (unpaired) electrons. The smallest absolute Gasteiger partial charge is 0.191 e. The van der Waals surface area contributed by atoms with Crippen LogP contribution in [-0.2, 0) is 9.84 Å². The summed E-state index contributed by atoms with van der Waals surface area (Å²) in [4.78, 5) is 6.46. The van der Waals surface area contributed by atoms with E-state index in [4.69, 9.17) is 0 Å². The molecule has 0 saturated heterocycles. The van der Waals surface area contributed by atoms with Crippen molar-refractivity contribution in [3.8, 4) is 0 Å². The summed E-state index contributed by atoms with van der Waals surface area (Å²) < 4.78 is 22.3. The highest BCUT2D eigenvalue weighted by atomic mass is 32.2. The maximum Gasteiger partial charge on any atom is 0.191 e. The molecule has 0 aliphatic heterocycles. The number of sulfone groups is 1. The molecule has 2 unspecified atom stereocenters. The van der Waals surface area contributed by atoms with E-state index in [1.54, 1.807) is 7.05 Å². The highest BCUT2D eigenvalue weighted by molar-refractivity contribution is 7.90. The Bertz CT molecular complexity index is 409. The molecule has 0 spiro atoms. The van der Waals surface area contributed by atoms with E-state index in [1.165, 1.54) is 6.26 Å². The molecule has 0 amide bonds. The van der Waals surface area contributed by atoms with Gasteiger partial charge in [-0.15, -0.1) is 0 Å². The molecular weight excluding hydrogens is 288 g/mol. The average Bonchev–Trinajstić information content (AvgIpc) is 2.42. The van der Waals surface area contributed by atoms with E-state index in [1.807, 2.05) is 6.92 Å². The van der Waals surface area contributed by atoms with E-state index in [9.17, 15) is 8.42 Å². The van der Waals surface area contributed by atoms with E-state index >= 15 is 0 Å². The van der Waals surface area contributed by atoms with Crippen molar-refractivity contribution in [1.29, 1.82) is 0 Å². The lowest BCUT2D eigenvalue weighted by atomic mass is 10.2. The average molecular weight is 321 g/mol. The molecule has 21 heavy (non-hydrogen) atoms. The maximum absolute atomic E-state index is 11.2. The molecule has 6 nitrogen and oxygen atoms in total. The van der Waals surface area contributed by atoms with Gasteiger partial charge < -0.3 is 15.5 Å². The minimum absolute atomic E-state index is 0.0678. The lowest BCUT2D eigenvalue weighted by Gasteiger charge is -2.24. The van der Waals surface area contributed by atoms with Crippen molar-refractivity contribution < 1.29 is 8.42 Å². The maximum atomic E-state index is 11.2. The molecule has 126 valence electrons. The second-order valence-corrected chi connectivity index (χ2v) is 7.96. The van der Waals surface area contributed by atoms with Gasteiger partial charge in [0.1, 0.15) is 9.84 Å². The molecule has 7 heteroatoms. The number of aliphatic imine (C=N–C) groups is 1. The Balaban J connectivity index is 4.07. The molecule has 0 aliphatic carbocycles. The van der Waals surface area contributed by atoms with Crippen molar-refractivity contribution in [2.24, 2.45) is 4.99 Å². The van der Waals surface area contributed by atoms with Gasteiger partial charge in [0.25, 0.3) is 0 Å². The fraction of sp³-hybridized carbons (Fsp3) is 0.929. The van der Waals surface area contributed by atoms with Crippen LogP contribution >= 0.6 is 0 Å². The van der Waals surface area contributed by atoms with Crippen LogP contribution in [0.4, 0.5) is 0 Å². The third kappa shape index (κ3) is 10.5. The molecule has 0 aliphatic rings. The second kappa shape index (κ2) is 10.00. The van der Waals surface area contributed by atoms with Crippen LogP contribution in [0.2, 0.25) is 0 Å². The summed E-state index contributed by atoms with van der Waals surface area (Å²) in [5.74, 6) is 0.906. The Morgan fingerprint density at radius 3 is 2.43 bits per heavy atom. The summed E-state index contributed by atoms with van der Waals surface area (Å²) in [5.41, 5.74) is 0. The van der Waals surface area contributed by atoms with Gasteiger partial charge in [0.15, 0.2) is 5.96 Å². The first-order valence-corrected chi connectivity index (χ1v) is 9.60. The number of hydrogen-bond donors (Lipinski definition) is 2. The van der Waals surface area contributed by atoms with E-state index in [-0.39, 0.29) is 11.8 Å². The lowest BCUT2D eigenvalue weighted by molar-refractivity contribution is 0.255. The van der Waals surface area contributed by atoms with E-state index < -0.39 is 9.84 Å². The number of rotatable bonds is 9. The van der Waals surface area contributed by atoms with Crippen LogP contribution < -0.4 is 10.6 Å². The summed E-state index contributed by atoms with van der Waals surface area (Å²) in [6.45, 7) is 8.09. The first-order valence-electron chi connectivity index (χ1n) is 7.54. The molecular formula is C14H32N4O2S. The SMILES string of the molecule is CCC(C)N(C)CCNC(=NC)NC(C)CCS(C)(=O)=O. The van der Waals surface area contributed by atoms with Crippen molar-refractivity contribution in [2.75, 3.05) is 39.2 Å². The van der Waals surface area contributed by atoms with E-state index in [2.05, 4.69) is 41.4 Å². The number of likely N-dealkylation sites (N-methyl/N-ethyl adjacent to an activating group) is 1. The van der Waals surface area contributed by atoms with Crippen LogP contribution in [0.3, 0.4) is 0 Å². The topological polar surface area (TPSA) is 73.8 Å². The molecule has 0 fully saturated rings. The zero-order chi connectivity index (χ0) is 16.5. The summed E-state index contributed by atoms with van der Waals surface area (Å²) in [6.07, 6.45) is 2.97. The van der Waals surface area contributed by atoms with Crippen LogP contribution in [0.15, 0.2) is 4.99 Å². The number of guanidine groups is 1. The zero-order valence-electron chi connectivity index (χ0n) is 14.3. The minimum atomic E-state index is -2.91. The van der Waals surface area contributed by atoms with Gasteiger partial charge in [-0.1, -0.05) is 6.92 Å². The van der Waals surface area contributed by atoms with Crippen LogP contribution in [-0.4, -0.2) is 70.6 Å². The van der Waals surface area contributed by atoms with Gasteiger partial charge in [-0.25, -0.2) is 8.42 Å². The highest BCUT2D eigenvalue weighted by Gasteiger charge is 2.10. The number of nitrogens with one attached hydrogen (secondary N) is 2. The molecule has 2 N–H and O–H groups in total. The van der Waals surface area contributed by atoms with Crippen molar-refractivity contribution in [2.45, 2.75) is 45.7 Å². The quantitative estimate of drug-likeness (QED) is 0.483. The van der Waals surface area contributed by atoms with Gasteiger partial charge >= 0.3 is 0 Å². The highest BCUT2D eigenvalue weighted by Crippen LogP contribution is 1.98. The van der Waals surface area contributed by atoms with Crippen LogP contribution in [0.5, 0.6) is 0 Å². The predicted molar refractivity (Wildman–Crippen MR) is 90.7 cm³/mol. The fourth-order valence-corrected chi connectivity index (χ4v) is 2.56. The van der Waals surface area contributed by atoms with Crippen molar-refractivity contribution >= 4 is 15.8 Å². The second-order valence-electron chi connectivity index (χ2n) is 5.70. The Kier molecular flexibility index (Phi) is 9.61. The molecule has 0 bridgehead atoms. The molecule has 0 rings (SSSR count). The Hall–Kier alpha value is -0.820. The van der Waals surface area contributed by atoms with Crippen molar-refractivity contribution in [3.05, 3.63) is 0 Å². The standard InChI is InChI=1S/C14H32N4O2S/c1-7-13(3)18(5)10-9-16-14(15-4)17-12(2)8-11-21(6,19)20/h12-13H,7-11H2,1-6H3,(H2,15,16,17). The van der Waals surface area contributed by atoms with Gasteiger partial charge in [0, 0.05) is 38.5 Å². The van der Waals surface area contributed by atoms with Gasteiger partial charge in [-0.2, -0.15) is 0 Å². The lowest BCUT2D eigenvalue weighted by Crippen LogP contribution is -2.45. The minimum Gasteiger partial charge on any atom is -0.355 e. The van der Waals surface area contributed by atoms with E-state index in [0.29, 0.717) is 18.4 Å². The summed E-state index contributed by atoms with van der Waals surface area (Å²) in [6, 6.07) is 0.633. The summed E-state index contributed by atoms with van der Waals surface area (Å²) in [7, 11) is 0.922. The largest absolute Gasteiger partial charge is 0.355 e. The third-order valence-electron chi connectivity index (χ3n) is 3.63. The summed E-state index contributed by atoms with van der Waals surface area (Å²) in [5, 5.41) is 6.47. The predicted octanol–water partition coefficient (Wildman–Crippen LogP) is 0.705. The Morgan fingerprint density at radius 2 is 1.95 bits per heavy atom. The van der Waals surface area contributed by atoms with Crippen molar-refractivity contribution in [1.82, 2.24) is 15.5 Å². The molecule has 0 heterocycles.